The van der Waals surface area contributed by atoms with Crippen molar-refractivity contribution in [2.45, 2.75) is 6.54 Å². The van der Waals surface area contributed by atoms with Crippen LogP contribution in [0.25, 0.3) is 11.0 Å². The molecule has 1 aliphatic rings. The highest BCUT2D eigenvalue weighted by molar-refractivity contribution is 6.32. The van der Waals surface area contributed by atoms with Gasteiger partial charge in [-0.3, -0.25) is 4.79 Å². The molecule has 0 bridgehead atoms. The van der Waals surface area contributed by atoms with Gasteiger partial charge >= 0.3 is 0 Å². The molecule has 0 aliphatic carbocycles. The first kappa shape index (κ1) is 19.3. The molecule has 0 unspecified atom stereocenters. The third kappa shape index (κ3) is 3.77. The molecule has 2 aromatic heterocycles. The number of hydrogen-bond acceptors (Lipinski definition) is 7. The Morgan fingerprint density at radius 2 is 1.93 bits per heavy atom. The molecule has 0 atom stereocenters. The van der Waals surface area contributed by atoms with E-state index in [0.717, 1.165) is 18.8 Å². The predicted octanol–water partition coefficient (Wildman–Crippen LogP) is 1.85. The maximum absolute atomic E-state index is 12.8. The van der Waals surface area contributed by atoms with Crippen molar-refractivity contribution >= 4 is 34.2 Å². The van der Waals surface area contributed by atoms with Crippen LogP contribution in [0, 0.1) is 0 Å². The first-order valence-corrected chi connectivity index (χ1v) is 9.55. The van der Waals surface area contributed by atoms with Gasteiger partial charge in [0.15, 0.2) is 5.65 Å². The van der Waals surface area contributed by atoms with E-state index in [4.69, 9.17) is 21.1 Å². The summed E-state index contributed by atoms with van der Waals surface area (Å²) >= 11 is 6.11. The van der Waals surface area contributed by atoms with Gasteiger partial charge in [-0.05, 0) is 12.1 Å². The summed E-state index contributed by atoms with van der Waals surface area (Å²) < 4.78 is 12.1. The number of anilines is 1. The van der Waals surface area contributed by atoms with E-state index < -0.39 is 0 Å². The first-order valence-electron chi connectivity index (χ1n) is 9.17. The predicted molar refractivity (Wildman–Crippen MR) is 109 cm³/mol. The monoisotopic (exact) mass is 416 g/mol. The van der Waals surface area contributed by atoms with Crippen LogP contribution in [-0.2, 0) is 11.3 Å². The summed E-state index contributed by atoms with van der Waals surface area (Å²) in [6.07, 6.45) is 3.02. The van der Waals surface area contributed by atoms with Gasteiger partial charge in [0.25, 0.3) is 0 Å². The van der Waals surface area contributed by atoms with E-state index in [1.165, 1.54) is 6.33 Å². The molecular weight excluding hydrogens is 396 g/mol. The number of carbonyl (C=O) groups excluding carboxylic acids is 1. The molecule has 3 aromatic rings. The number of rotatable bonds is 5. The van der Waals surface area contributed by atoms with Crippen molar-refractivity contribution in [3.05, 3.63) is 35.7 Å². The molecule has 1 fully saturated rings. The maximum Gasteiger partial charge on any atom is 0.244 e. The minimum atomic E-state index is 0.000848. The summed E-state index contributed by atoms with van der Waals surface area (Å²) in [4.78, 5) is 25.1. The van der Waals surface area contributed by atoms with Crippen molar-refractivity contribution in [1.29, 1.82) is 0 Å². The summed E-state index contributed by atoms with van der Waals surface area (Å²) in [6.45, 7) is 2.83. The lowest BCUT2D eigenvalue weighted by molar-refractivity contribution is -0.132. The highest BCUT2D eigenvalue weighted by Gasteiger charge is 2.23. The minimum absolute atomic E-state index is 0.000848. The van der Waals surface area contributed by atoms with Crippen LogP contribution in [0.3, 0.4) is 0 Å². The summed E-state index contributed by atoms with van der Waals surface area (Å²) in [5.41, 5.74) is 1.61. The second-order valence-electron chi connectivity index (χ2n) is 6.61. The number of halogens is 1. The molecule has 1 aliphatic heterocycles. The fourth-order valence-corrected chi connectivity index (χ4v) is 3.63. The summed E-state index contributed by atoms with van der Waals surface area (Å²) in [5.74, 6) is 1.09. The van der Waals surface area contributed by atoms with Gasteiger partial charge in [0.2, 0.25) is 11.8 Å². The Bertz CT molecular complexity index is 1030. The number of piperazine rings is 1. The van der Waals surface area contributed by atoms with Crippen molar-refractivity contribution in [2.24, 2.45) is 0 Å². The van der Waals surface area contributed by atoms with Crippen molar-refractivity contribution in [2.75, 3.05) is 45.3 Å². The molecule has 0 N–H and O–H groups in total. The van der Waals surface area contributed by atoms with E-state index in [1.807, 2.05) is 23.1 Å². The van der Waals surface area contributed by atoms with Gasteiger partial charge in [0, 0.05) is 37.9 Å². The molecule has 3 heterocycles. The average molecular weight is 417 g/mol. The fourth-order valence-electron chi connectivity index (χ4n) is 3.44. The number of aromatic nitrogens is 4. The van der Waals surface area contributed by atoms with Crippen molar-refractivity contribution in [1.82, 2.24) is 24.6 Å². The second kappa shape index (κ2) is 8.12. The Morgan fingerprint density at radius 1 is 1.14 bits per heavy atom. The van der Waals surface area contributed by atoms with Crippen molar-refractivity contribution < 1.29 is 14.3 Å². The van der Waals surface area contributed by atoms with Gasteiger partial charge in [0.1, 0.15) is 24.0 Å². The lowest BCUT2D eigenvalue weighted by Gasteiger charge is -2.36. The van der Waals surface area contributed by atoms with Gasteiger partial charge in [-0.2, -0.15) is 5.10 Å². The molecule has 152 valence electrons. The Morgan fingerprint density at radius 3 is 2.66 bits per heavy atom. The molecule has 10 heteroatoms. The smallest absolute Gasteiger partial charge is 0.244 e. The molecule has 0 radical (unpaired) electrons. The molecule has 29 heavy (non-hydrogen) atoms. The number of methoxy groups -OCH3 is 2. The highest BCUT2D eigenvalue weighted by Crippen LogP contribution is 2.30. The molecule has 0 saturated carbocycles. The molecule has 1 amide bonds. The van der Waals surface area contributed by atoms with Crippen LogP contribution in [0.1, 0.15) is 0 Å². The quantitative estimate of drug-likeness (QED) is 0.627. The van der Waals surface area contributed by atoms with E-state index in [-0.39, 0.29) is 12.5 Å². The zero-order chi connectivity index (χ0) is 20.4. The summed E-state index contributed by atoms with van der Waals surface area (Å²) in [7, 11) is 3.14. The van der Waals surface area contributed by atoms with Crippen LogP contribution < -0.4 is 14.4 Å². The van der Waals surface area contributed by atoms with Crippen LogP contribution in [0.5, 0.6) is 11.6 Å². The van der Waals surface area contributed by atoms with Crippen LogP contribution in [0.2, 0.25) is 5.02 Å². The zero-order valence-corrected chi connectivity index (χ0v) is 17.0. The molecule has 0 spiro atoms. The highest BCUT2D eigenvalue weighted by atomic mass is 35.5. The maximum atomic E-state index is 12.8. The minimum Gasteiger partial charge on any atom is -0.495 e. The average Bonchev–Trinajstić information content (AvgIpc) is 3.17. The van der Waals surface area contributed by atoms with Crippen LogP contribution >= 0.6 is 11.6 Å². The number of benzene rings is 1. The van der Waals surface area contributed by atoms with E-state index in [9.17, 15) is 4.79 Å². The van der Waals surface area contributed by atoms with Gasteiger partial charge in [0.05, 0.1) is 25.4 Å². The Balaban J connectivity index is 1.41. The summed E-state index contributed by atoms with van der Waals surface area (Å²) in [5, 5.41) is 5.54. The number of hydrogen-bond donors (Lipinski definition) is 0. The van der Waals surface area contributed by atoms with E-state index in [1.54, 1.807) is 25.1 Å². The zero-order valence-electron chi connectivity index (χ0n) is 16.2. The number of ether oxygens (including phenoxy) is 2. The molecule has 4 rings (SSSR count). The molecule has 1 aromatic carbocycles. The topological polar surface area (TPSA) is 85.6 Å². The number of carbonyl (C=O) groups is 1. The van der Waals surface area contributed by atoms with Crippen molar-refractivity contribution in [3.63, 3.8) is 0 Å². The Labute approximate surface area is 172 Å². The standard InChI is InChI=1S/C19H21ClN6O3/c1-28-16-9-13(3-4-15(16)20)24-5-7-25(8-6-24)17(27)11-26-18-14(10-23-26)19(29-2)22-12-21-18/h3-4,9-10,12H,5-8,11H2,1-2H3. The van der Waals surface area contributed by atoms with Gasteiger partial charge in [-0.25, -0.2) is 14.6 Å². The largest absolute Gasteiger partial charge is 0.495 e. The lowest BCUT2D eigenvalue weighted by Crippen LogP contribution is -2.49. The first-order chi connectivity index (χ1) is 14.1. The van der Waals surface area contributed by atoms with Crippen LogP contribution in [-0.4, -0.2) is 71.0 Å². The molecule has 1 saturated heterocycles. The SMILES string of the molecule is COc1cc(N2CCN(C(=O)Cn3ncc4c(OC)ncnc43)CC2)ccc1Cl. The normalized spacial score (nSPS) is 14.3. The Hall–Kier alpha value is -3.07. The number of amides is 1. The van der Waals surface area contributed by atoms with Gasteiger partial charge < -0.3 is 19.3 Å². The number of nitrogens with zero attached hydrogens (tertiary/aromatic N) is 6. The van der Waals surface area contributed by atoms with Crippen LogP contribution in [0.15, 0.2) is 30.7 Å². The Kier molecular flexibility index (Phi) is 5.39. The lowest BCUT2D eigenvalue weighted by atomic mass is 10.2. The summed E-state index contributed by atoms with van der Waals surface area (Å²) in [6, 6.07) is 5.71. The molecular formula is C19H21ClN6O3. The van der Waals surface area contributed by atoms with E-state index >= 15 is 0 Å². The van der Waals surface area contributed by atoms with Crippen molar-refractivity contribution in [3.8, 4) is 11.6 Å². The van der Waals surface area contributed by atoms with Gasteiger partial charge in [-0.1, -0.05) is 11.6 Å². The van der Waals surface area contributed by atoms with E-state index in [0.29, 0.717) is 40.8 Å². The van der Waals surface area contributed by atoms with E-state index in [2.05, 4.69) is 20.0 Å². The third-order valence-electron chi connectivity index (χ3n) is 5.01. The fraction of sp³-hybridized carbons (Fsp3) is 0.368. The van der Waals surface area contributed by atoms with Crippen LogP contribution in [0.4, 0.5) is 5.69 Å². The molecule has 9 nitrogen and oxygen atoms in total. The third-order valence-corrected chi connectivity index (χ3v) is 5.32. The second-order valence-corrected chi connectivity index (χ2v) is 7.02. The van der Waals surface area contributed by atoms with Gasteiger partial charge in [-0.15, -0.1) is 0 Å². The number of fused-ring (bicyclic) bond motifs is 1.